The summed E-state index contributed by atoms with van der Waals surface area (Å²) < 4.78 is 11.0. The van der Waals surface area contributed by atoms with Crippen LogP contribution in [-0.2, 0) is 23.9 Å². The number of H-pyrrole nitrogens is 1. The van der Waals surface area contributed by atoms with E-state index < -0.39 is 41.4 Å². The summed E-state index contributed by atoms with van der Waals surface area (Å²) in [7, 11) is 0. The van der Waals surface area contributed by atoms with Crippen molar-refractivity contribution in [2.75, 3.05) is 39.5 Å². The molecule has 184 valence electrons. The Kier molecular flexibility index (Phi) is 6.38. The second-order valence-corrected chi connectivity index (χ2v) is 10.4. The number of amides is 3. The van der Waals surface area contributed by atoms with Crippen LogP contribution in [0, 0.1) is 5.92 Å². The van der Waals surface area contributed by atoms with Gasteiger partial charge in [0.2, 0.25) is 11.8 Å². The van der Waals surface area contributed by atoms with Crippen molar-refractivity contribution < 1.29 is 33.8 Å². The summed E-state index contributed by atoms with van der Waals surface area (Å²) in [6.07, 6.45) is 0. The van der Waals surface area contributed by atoms with Gasteiger partial charge in [-0.2, -0.15) is 0 Å². The van der Waals surface area contributed by atoms with E-state index in [4.69, 9.17) is 9.47 Å². The lowest BCUT2D eigenvalue weighted by molar-refractivity contribution is -0.149. The number of rotatable bonds is 6. The lowest BCUT2D eigenvalue weighted by Gasteiger charge is -2.30. The number of morpholine rings is 1. The minimum atomic E-state index is -1.28. The summed E-state index contributed by atoms with van der Waals surface area (Å²) >= 11 is 2.04. The average Bonchev–Trinajstić information content (AvgIpc) is 3.33. The number of aliphatic carboxylic acids is 1. The summed E-state index contributed by atoms with van der Waals surface area (Å²) in [5.41, 5.74) is 0.631. The number of imide groups is 1. The predicted molar refractivity (Wildman–Crippen MR) is 124 cm³/mol. The summed E-state index contributed by atoms with van der Waals surface area (Å²) in [5.74, 6) is -3.72. The van der Waals surface area contributed by atoms with Crippen molar-refractivity contribution in [2.24, 2.45) is 5.92 Å². The number of nitrogens with zero attached hydrogens (tertiary/aromatic N) is 2. The van der Waals surface area contributed by atoms with Gasteiger partial charge in [0.05, 0.1) is 24.2 Å². The molecule has 11 nitrogen and oxygen atoms in total. The van der Waals surface area contributed by atoms with Crippen LogP contribution in [0.5, 0.6) is 5.75 Å². The number of ether oxygens (including phenoxy) is 2. The first-order valence-corrected chi connectivity index (χ1v) is 12.6. The summed E-state index contributed by atoms with van der Waals surface area (Å²) in [5, 5.41) is 8.83. The number of likely N-dealkylation sites (tertiary alicyclic amines) is 1. The molecule has 13 heteroatoms. The van der Waals surface area contributed by atoms with Crippen LogP contribution in [-0.4, -0.2) is 88.3 Å². The Morgan fingerprint density at radius 3 is 2.69 bits per heavy atom. The summed E-state index contributed by atoms with van der Waals surface area (Å²) in [4.78, 5) is 67.4. The standard InChI is InChI=1S/C22H21N3O8S2/c26-13(24-4-6-32-7-5-24)10-33-12-3-1-2-11(8-12)15-16-18(34-19-17(15)35-22(31)23-19)21(30)25(20(16)29)9-14(27)28/h1-3,8,15-16,18H,4-7,9-10H2,(H,23,31)(H,27,28)/t15-,16?,18?/m0/s1. The number of aromatic nitrogens is 1. The smallest absolute Gasteiger partial charge is 0.323 e. The van der Waals surface area contributed by atoms with E-state index in [1.807, 2.05) is 0 Å². The number of thioether (sulfide) groups is 1. The maximum absolute atomic E-state index is 13.2. The number of aromatic amines is 1. The van der Waals surface area contributed by atoms with Gasteiger partial charge in [-0.25, -0.2) is 0 Å². The molecule has 3 amide bonds. The molecule has 2 aromatic rings. The number of hydrogen-bond donors (Lipinski definition) is 2. The maximum Gasteiger partial charge on any atom is 0.323 e. The number of benzene rings is 1. The highest BCUT2D eigenvalue weighted by molar-refractivity contribution is 8.00. The van der Waals surface area contributed by atoms with Gasteiger partial charge in [0.15, 0.2) is 6.61 Å². The first-order valence-electron chi connectivity index (χ1n) is 10.9. The topological polar surface area (TPSA) is 146 Å². The van der Waals surface area contributed by atoms with E-state index >= 15 is 0 Å². The Hall–Kier alpha value is -3.16. The number of carboxylic acids is 1. The van der Waals surface area contributed by atoms with Gasteiger partial charge >= 0.3 is 10.8 Å². The molecule has 0 bridgehead atoms. The monoisotopic (exact) mass is 519 g/mol. The van der Waals surface area contributed by atoms with Crippen molar-refractivity contribution in [3.8, 4) is 5.75 Å². The highest BCUT2D eigenvalue weighted by Gasteiger charge is 2.56. The fourth-order valence-electron chi connectivity index (χ4n) is 4.57. The van der Waals surface area contributed by atoms with E-state index in [-0.39, 0.29) is 17.4 Å². The molecule has 1 aromatic carbocycles. The van der Waals surface area contributed by atoms with E-state index in [2.05, 4.69) is 4.98 Å². The van der Waals surface area contributed by atoms with Crippen LogP contribution in [0.25, 0.3) is 0 Å². The van der Waals surface area contributed by atoms with Crippen molar-refractivity contribution in [3.63, 3.8) is 0 Å². The molecule has 5 rings (SSSR count). The molecule has 3 atom stereocenters. The molecule has 2 unspecified atom stereocenters. The third-order valence-electron chi connectivity index (χ3n) is 6.15. The van der Waals surface area contributed by atoms with Crippen molar-refractivity contribution in [1.29, 1.82) is 0 Å². The van der Waals surface area contributed by atoms with Crippen LogP contribution in [0.2, 0.25) is 0 Å². The molecular formula is C22H21N3O8S2. The Morgan fingerprint density at radius 1 is 1.17 bits per heavy atom. The minimum Gasteiger partial charge on any atom is -0.484 e. The van der Waals surface area contributed by atoms with Gasteiger partial charge in [-0.3, -0.25) is 28.9 Å². The molecule has 2 N–H and O–H groups in total. The molecule has 2 saturated heterocycles. The van der Waals surface area contributed by atoms with E-state index in [1.165, 1.54) is 0 Å². The zero-order valence-corrected chi connectivity index (χ0v) is 19.9. The predicted octanol–water partition coefficient (Wildman–Crippen LogP) is 0.350. The molecule has 0 saturated carbocycles. The first-order chi connectivity index (χ1) is 16.8. The molecule has 35 heavy (non-hydrogen) atoms. The molecule has 0 radical (unpaired) electrons. The molecule has 3 aliphatic heterocycles. The van der Waals surface area contributed by atoms with E-state index in [1.54, 1.807) is 29.2 Å². The highest BCUT2D eigenvalue weighted by Crippen LogP contribution is 2.52. The minimum absolute atomic E-state index is 0.164. The molecule has 0 aliphatic carbocycles. The van der Waals surface area contributed by atoms with Crippen molar-refractivity contribution in [2.45, 2.75) is 16.2 Å². The molecule has 1 aromatic heterocycles. The van der Waals surface area contributed by atoms with E-state index in [9.17, 15) is 29.1 Å². The fraction of sp³-hybridized carbons (Fsp3) is 0.409. The maximum atomic E-state index is 13.2. The Balaban J connectivity index is 1.44. The van der Waals surface area contributed by atoms with E-state index in [0.717, 1.165) is 28.0 Å². The van der Waals surface area contributed by atoms with Crippen molar-refractivity contribution in [1.82, 2.24) is 14.8 Å². The third kappa shape index (κ3) is 4.46. The quantitative estimate of drug-likeness (QED) is 0.516. The van der Waals surface area contributed by atoms with Crippen LogP contribution in [0.15, 0.2) is 34.1 Å². The zero-order chi connectivity index (χ0) is 24.7. The summed E-state index contributed by atoms with van der Waals surface area (Å²) in [6, 6.07) is 6.85. The molecular weight excluding hydrogens is 498 g/mol. The van der Waals surface area contributed by atoms with Gasteiger partial charge in [-0.15, -0.1) is 0 Å². The largest absolute Gasteiger partial charge is 0.484 e. The van der Waals surface area contributed by atoms with Crippen molar-refractivity contribution in [3.05, 3.63) is 44.4 Å². The van der Waals surface area contributed by atoms with Gasteiger partial charge < -0.3 is 24.5 Å². The van der Waals surface area contributed by atoms with Crippen LogP contribution in [0.3, 0.4) is 0 Å². The molecule has 3 aliphatic rings. The molecule has 0 spiro atoms. The van der Waals surface area contributed by atoms with Gasteiger partial charge in [0.25, 0.3) is 5.91 Å². The lowest BCUT2D eigenvalue weighted by Crippen LogP contribution is -2.42. The average molecular weight is 520 g/mol. The van der Waals surface area contributed by atoms with Gasteiger partial charge in [0.1, 0.15) is 17.5 Å². The van der Waals surface area contributed by atoms with Crippen molar-refractivity contribution >= 4 is 46.8 Å². The number of carboxylic acid groups (broad SMARTS) is 1. The molecule has 2 fully saturated rings. The number of thiazole rings is 1. The Bertz CT molecular complexity index is 1250. The van der Waals surface area contributed by atoms with Gasteiger partial charge in [0, 0.05) is 23.9 Å². The first kappa shape index (κ1) is 23.6. The number of fused-ring (bicyclic) bond motifs is 2. The summed E-state index contributed by atoms with van der Waals surface area (Å²) in [6.45, 7) is 1.10. The van der Waals surface area contributed by atoms with E-state index in [0.29, 0.717) is 47.5 Å². The Labute approximate surface area is 207 Å². The number of carbonyl (C=O) groups excluding carboxylic acids is 3. The van der Waals surface area contributed by atoms with Crippen LogP contribution >= 0.6 is 23.1 Å². The lowest BCUT2D eigenvalue weighted by atomic mass is 9.83. The highest BCUT2D eigenvalue weighted by atomic mass is 32.2. The fourth-order valence-corrected chi connectivity index (χ4v) is 7.11. The Morgan fingerprint density at radius 2 is 1.94 bits per heavy atom. The molecule has 4 heterocycles. The normalized spacial score (nSPS) is 23.7. The number of nitrogens with one attached hydrogen (secondary N) is 1. The van der Waals surface area contributed by atoms with Crippen LogP contribution in [0.4, 0.5) is 0 Å². The SMILES string of the molecule is O=C(O)CN1C(=O)C2Sc3[nH]c(=O)sc3[C@@H](c3cccc(OCC(=O)N4CCOCC4)c3)C2C1=O. The van der Waals surface area contributed by atoms with Gasteiger partial charge in [-0.1, -0.05) is 35.2 Å². The van der Waals surface area contributed by atoms with Gasteiger partial charge in [-0.05, 0) is 17.7 Å². The zero-order valence-electron chi connectivity index (χ0n) is 18.3. The third-order valence-corrected chi connectivity index (χ3v) is 8.55. The van der Waals surface area contributed by atoms with Crippen LogP contribution < -0.4 is 9.61 Å². The second kappa shape index (κ2) is 9.47. The number of carbonyl (C=O) groups is 4. The second-order valence-electron chi connectivity index (χ2n) is 8.26. The number of hydrogen-bond acceptors (Lipinski definition) is 9. The van der Waals surface area contributed by atoms with Crippen LogP contribution in [0.1, 0.15) is 16.4 Å².